The Morgan fingerprint density at radius 3 is 2.71 bits per heavy atom. The molecule has 0 fully saturated rings. The number of benzene rings is 1. The largest absolute Gasteiger partial charge is 0.396 e. The normalized spacial score (nSPS) is 14.4. The summed E-state index contributed by atoms with van der Waals surface area (Å²) in [6.45, 7) is -0.374. The van der Waals surface area contributed by atoms with Crippen molar-refractivity contribution < 1.29 is 14.7 Å². The molecule has 0 saturated carbocycles. The second kappa shape index (κ2) is 4.88. The van der Waals surface area contributed by atoms with E-state index in [4.69, 9.17) is 5.11 Å². The summed E-state index contributed by atoms with van der Waals surface area (Å²) in [4.78, 5) is 21.9. The minimum absolute atomic E-state index is 0.374. The average Bonchev–Trinajstić information content (AvgIpc) is 2.79. The van der Waals surface area contributed by atoms with Crippen LogP contribution in [-0.2, 0) is 9.59 Å². The molecular formula is C12H12N2O3. The van der Waals surface area contributed by atoms with E-state index in [2.05, 4.69) is 5.10 Å². The number of aliphatic hydroxyl groups excluding tert-OH is 1. The second-order valence-electron chi connectivity index (χ2n) is 3.76. The molecule has 2 aromatic rings. The van der Waals surface area contributed by atoms with Crippen LogP contribution in [0.2, 0.25) is 0 Å². The Kier molecular flexibility index (Phi) is 3.30. The van der Waals surface area contributed by atoms with Gasteiger partial charge in [0.2, 0.25) is 0 Å². The monoisotopic (exact) mass is 232 g/mol. The van der Waals surface area contributed by atoms with Crippen LogP contribution in [0.5, 0.6) is 0 Å². The summed E-state index contributed by atoms with van der Waals surface area (Å²) in [5.74, 6) is -0.768. The van der Waals surface area contributed by atoms with Crippen LogP contribution < -0.4 is 0 Å². The predicted octanol–water partition coefficient (Wildman–Crippen LogP) is 0.584. The number of aliphatic hydroxyl groups is 1. The zero-order valence-corrected chi connectivity index (χ0v) is 9.06. The van der Waals surface area contributed by atoms with Gasteiger partial charge in [-0.05, 0) is 6.07 Å². The molecule has 1 N–H and O–H groups in total. The minimum Gasteiger partial charge on any atom is -0.396 e. The van der Waals surface area contributed by atoms with Gasteiger partial charge in [-0.15, -0.1) is 0 Å². The number of fused-ring (bicyclic) bond motifs is 1. The lowest BCUT2D eigenvalue weighted by atomic mass is 10.0. The SMILES string of the molecule is O=CC(CO)C(C=O)n1ncc2ccccc21. The van der Waals surface area contributed by atoms with Crippen molar-refractivity contribution in [2.75, 3.05) is 6.61 Å². The van der Waals surface area contributed by atoms with Crippen molar-refractivity contribution in [2.24, 2.45) is 5.92 Å². The third-order valence-electron chi connectivity index (χ3n) is 2.75. The molecule has 1 aromatic heterocycles. The fourth-order valence-corrected chi connectivity index (χ4v) is 1.80. The molecule has 0 aliphatic carbocycles. The van der Waals surface area contributed by atoms with Crippen molar-refractivity contribution in [1.29, 1.82) is 0 Å². The molecule has 0 saturated heterocycles. The van der Waals surface area contributed by atoms with Crippen molar-refractivity contribution in [2.45, 2.75) is 6.04 Å². The highest BCUT2D eigenvalue weighted by Gasteiger charge is 2.23. The van der Waals surface area contributed by atoms with Crippen molar-refractivity contribution >= 4 is 23.5 Å². The number of aldehydes is 2. The van der Waals surface area contributed by atoms with Gasteiger partial charge in [-0.3, -0.25) is 4.68 Å². The number of nitrogens with zero attached hydrogens (tertiary/aromatic N) is 2. The quantitative estimate of drug-likeness (QED) is 0.765. The van der Waals surface area contributed by atoms with Gasteiger partial charge < -0.3 is 14.7 Å². The van der Waals surface area contributed by atoms with E-state index < -0.39 is 12.0 Å². The minimum atomic E-state index is -0.768. The molecule has 88 valence electrons. The second-order valence-corrected chi connectivity index (χ2v) is 3.76. The van der Waals surface area contributed by atoms with Gasteiger partial charge in [0.05, 0.1) is 24.2 Å². The molecule has 5 heteroatoms. The summed E-state index contributed by atoms with van der Waals surface area (Å²) in [6, 6.07) is 6.62. The lowest BCUT2D eigenvalue weighted by Crippen LogP contribution is -2.25. The lowest BCUT2D eigenvalue weighted by Gasteiger charge is -2.16. The third kappa shape index (κ3) is 1.97. The average molecular weight is 232 g/mol. The van der Waals surface area contributed by atoms with Gasteiger partial charge in [0.25, 0.3) is 0 Å². The number of aromatic nitrogens is 2. The van der Waals surface area contributed by atoms with Gasteiger partial charge in [0.1, 0.15) is 18.6 Å². The molecule has 1 aromatic carbocycles. The molecule has 0 radical (unpaired) electrons. The van der Waals surface area contributed by atoms with Crippen LogP contribution >= 0.6 is 0 Å². The number of carbonyl (C=O) groups excluding carboxylic acids is 2. The van der Waals surface area contributed by atoms with Gasteiger partial charge in [0.15, 0.2) is 0 Å². The Morgan fingerprint density at radius 1 is 1.29 bits per heavy atom. The maximum Gasteiger partial charge on any atom is 0.145 e. The first kappa shape index (κ1) is 11.5. The molecule has 0 spiro atoms. The van der Waals surface area contributed by atoms with Crippen molar-refractivity contribution in [3.63, 3.8) is 0 Å². The maximum absolute atomic E-state index is 11.1. The van der Waals surface area contributed by atoms with E-state index in [1.807, 2.05) is 24.3 Å². The standard InChI is InChI=1S/C12H12N2O3/c15-6-10(7-16)12(8-17)14-11-4-2-1-3-9(11)5-13-14/h1-6,8,10,12,16H,7H2. The molecule has 5 nitrogen and oxygen atoms in total. The van der Waals surface area contributed by atoms with Gasteiger partial charge in [-0.1, -0.05) is 18.2 Å². The molecule has 2 rings (SSSR count). The third-order valence-corrected chi connectivity index (χ3v) is 2.75. The fraction of sp³-hybridized carbons (Fsp3) is 0.250. The van der Waals surface area contributed by atoms with Gasteiger partial charge in [-0.25, -0.2) is 0 Å². The van der Waals surface area contributed by atoms with E-state index in [9.17, 15) is 9.59 Å². The number of para-hydroxylation sites is 1. The molecule has 1 heterocycles. The number of hydrogen-bond donors (Lipinski definition) is 1. The molecule has 17 heavy (non-hydrogen) atoms. The molecule has 0 bridgehead atoms. The Labute approximate surface area is 97.7 Å². The van der Waals surface area contributed by atoms with Crippen LogP contribution in [-0.4, -0.2) is 34.1 Å². The van der Waals surface area contributed by atoms with Gasteiger partial charge in [0, 0.05) is 5.39 Å². The first-order valence-corrected chi connectivity index (χ1v) is 5.25. The van der Waals surface area contributed by atoms with Crippen molar-refractivity contribution in [1.82, 2.24) is 9.78 Å². The zero-order valence-electron chi connectivity index (χ0n) is 9.06. The maximum atomic E-state index is 11.1. The molecular weight excluding hydrogens is 220 g/mol. The zero-order chi connectivity index (χ0) is 12.3. The summed E-state index contributed by atoms with van der Waals surface area (Å²) >= 11 is 0. The van der Waals surface area contributed by atoms with Crippen molar-refractivity contribution in [3.8, 4) is 0 Å². The van der Waals surface area contributed by atoms with Crippen LogP contribution in [0.1, 0.15) is 6.04 Å². The number of carbonyl (C=O) groups is 2. The Morgan fingerprint density at radius 2 is 2.06 bits per heavy atom. The lowest BCUT2D eigenvalue weighted by molar-refractivity contribution is -0.120. The highest BCUT2D eigenvalue weighted by Crippen LogP contribution is 2.20. The number of rotatable bonds is 5. The van der Waals surface area contributed by atoms with Crippen LogP contribution in [0.25, 0.3) is 10.9 Å². The van der Waals surface area contributed by atoms with E-state index in [1.165, 1.54) is 4.68 Å². The summed E-state index contributed by atoms with van der Waals surface area (Å²) in [5.41, 5.74) is 0.768. The summed E-state index contributed by atoms with van der Waals surface area (Å²) in [5, 5.41) is 14.1. The number of hydrogen-bond acceptors (Lipinski definition) is 4. The molecule has 2 unspecified atom stereocenters. The van der Waals surface area contributed by atoms with E-state index in [-0.39, 0.29) is 6.61 Å². The molecule has 0 aliphatic heterocycles. The first-order valence-electron chi connectivity index (χ1n) is 5.25. The fourth-order valence-electron chi connectivity index (χ4n) is 1.80. The Balaban J connectivity index is 2.50. The van der Waals surface area contributed by atoms with Crippen molar-refractivity contribution in [3.05, 3.63) is 30.5 Å². The highest BCUT2D eigenvalue weighted by atomic mass is 16.3. The summed E-state index contributed by atoms with van der Waals surface area (Å²) < 4.78 is 1.47. The Hall–Kier alpha value is -2.01. The topological polar surface area (TPSA) is 72.2 Å². The van der Waals surface area contributed by atoms with Crippen LogP contribution in [0.3, 0.4) is 0 Å². The smallest absolute Gasteiger partial charge is 0.145 e. The molecule has 0 amide bonds. The first-order chi connectivity index (χ1) is 8.31. The van der Waals surface area contributed by atoms with Gasteiger partial charge >= 0.3 is 0 Å². The van der Waals surface area contributed by atoms with Crippen LogP contribution in [0.15, 0.2) is 30.5 Å². The van der Waals surface area contributed by atoms with E-state index >= 15 is 0 Å². The van der Waals surface area contributed by atoms with Crippen LogP contribution in [0, 0.1) is 5.92 Å². The molecule has 0 aliphatic rings. The van der Waals surface area contributed by atoms with Crippen LogP contribution in [0.4, 0.5) is 0 Å². The van der Waals surface area contributed by atoms with E-state index in [0.29, 0.717) is 12.6 Å². The molecule has 2 atom stereocenters. The van der Waals surface area contributed by atoms with E-state index in [1.54, 1.807) is 6.20 Å². The highest BCUT2D eigenvalue weighted by molar-refractivity contribution is 5.80. The summed E-state index contributed by atoms with van der Waals surface area (Å²) in [7, 11) is 0. The van der Waals surface area contributed by atoms with Gasteiger partial charge in [-0.2, -0.15) is 5.10 Å². The van der Waals surface area contributed by atoms with E-state index in [0.717, 1.165) is 10.9 Å². The summed E-state index contributed by atoms with van der Waals surface area (Å²) in [6.07, 6.45) is 2.84. The predicted molar refractivity (Wildman–Crippen MR) is 61.5 cm³/mol. The Bertz CT molecular complexity index is 535.